The Bertz CT molecular complexity index is 916. The van der Waals surface area contributed by atoms with Gasteiger partial charge in [-0.2, -0.15) is 0 Å². The summed E-state index contributed by atoms with van der Waals surface area (Å²) in [6.07, 6.45) is 2.53. The number of aromatic hydroxyl groups is 1. The zero-order valence-corrected chi connectivity index (χ0v) is 16.6. The summed E-state index contributed by atoms with van der Waals surface area (Å²) in [5, 5.41) is 10.3. The molecule has 1 N–H and O–H groups in total. The first-order valence-electron chi connectivity index (χ1n) is 9.27. The van der Waals surface area contributed by atoms with E-state index < -0.39 is 17.9 Å². The van der Waals surface area contributed by atoms with Gasteiger partial charge in [-0.3, -0.25) is 9.59 Å². The van der Waals surface area contributed by atoms with Gasteiger partial charge in [0.15, 0.2) is 23.0 Å². The highest BCUT2D eigenvalue weighted by Gasteiger charge is 2.35. The molecule has 0 saturated heterocycles. The fourth-order valence-electron chi connectivity index (χ4n) is 3.64. The number of amides is 1. The van der Waals surface area contributed by atoms with Crippen molar-refractivity contribution in [2.24, 2.45) is 0 Å². The lowest BCUT2D eigenvalue weighted by Gasteiger charge is -2.37. The van der Waals surface area contributed by atoms with Gasteiger partial charge in [-0.05, 0) is 42.7 Å². The van der Waals surface area contributed by atoms with Gasteiger partial charge in [0.1, 0.15) is 0 Å². The van der Waals surface area contributed by atoms with Crippen LogP contribution in [0.5, 0.6) is 11.5 Å². The Balaban J connectivity index is 2.00. The molecule has 1 aliphatic heterocycles. The van der Waals surface area contributed by atoms with Crippen LogP contribution in [0.25, 0.3) is 0 Å². The lowest BCUT2D eigenvalue weighted by molar-refractivity contribution is -0.117. The molecule has 0 saturated carbocycles. The maximum atomic E-state index is 12.5. The van der Waals surface area contributed by atoms with Crippen LogP contribution in [0.15, 0.2) is 35.6 Å². The topological polar surface area (TPSA) is 102 Å². The highest BCUT2D eigenvalue weighted by atomic mass is 16.6. The number of carbonyl (C=O) groups is 3. The van der Waals surface area contributed by atoms with Crippen LogP contribution in [0.2, 0.25) is 0 Å². The van der Waals surface area contributed by atoms with Crippen molar-refractivity contribution < 1.29 is 33.7 Å². The quantitative estimate of drug-likeness (QED) is 0.756. The molecule has 2 aliphatic rings. The van der Waals surface area contributed by atoms with E-state index in [1.807, 2.05) is 0 Å². The number of methoxy groups -OCH3 is 2. The first kappa shape index (κ1) is 20.4. The van der Waals surface area contributed by atoms with Crippen LogP contribution in [-0.2, 0) is 25.5 Å². The average molecular weight is 401 g/mol. The number of fused-ring (bicyclic) bond motifs is 1. The predicted octanol–water partition coefficient (Wildman–Crippen LogP) is 2.46. The SMILES string of the molecule is CCOC(=O)N1CCc2cc(OC)c(O)cc2C1CC1=CC(=O)C(OC)=CC1=O. The maximum Gasteiger partial charge on any atom is 0.410 e. The molecule has 0 radical (unpaired) electrons. The normalized spacial score (nSPS) is 18.6. The monoisotopic (exact) mass is 401 g/mol. The summed E-state index contributed by atoms with van der Waals surface area (Å²) < 4.78 is 15.3. The van der Waals surface area contributed by atoms with Gasteiger partial charge in [0.25, 0.3) is 0 Å². The zero-order valence-electron chi connectivity index (χ0n) is 16.6. The van der Waals surface area contributed by atoms with Gasteiger partial charge >= 0.3 is 6.09 Å². The molecule has 1 aromatic carbocycles. The van der Waals surface area contributed by atoms with Crippen LogP contribution >= 0.6 is 0 Å². The molecule has 1 amide bonds. The number of allylic oxidation sites excluding steroid dienone is 2. The van der Waals surface area contributed by atoms with Crippen LogP contribution in [0, 0.1) is 0 Å². The third-order valence-electron chi connectivity index (χ3n) is 5.06. The minimum atomic E-state index is -0.574. The van der Waals surface area contributed by atoms with Crippen molar-refractivity contribution in [1.29, 1.82) is 0 Å². The van der Waals surface area contributed by atoms with E-state index in [2.05, 4.69) is 0 Å². The molecule has 0 aromatic heterocycles. The number of hydrogen-bond acceptors (Lipinski definition) is 7. The molecule has 1 atom stereocenters. The molecule has 154 valence electrons. The van der Waals surface area contributed by atoms with Crippen molar-refractivity contribution in [3.63, 3.8) is 0 Å². The zero-order chi connectivity index (χ0) is 21.1. The number of ketones is 2. The van der Waals surface area contributed by atoms with E-state index in [1.54, 1.807) is 13.0 Å². The Kier molecular flexibility index (Phi) is 5.91. The van der Waals surface area contributed by atoms with Crippen molar-refractivity contribution in [3.8, 4) is 11.5 Å². The van der Waals surface area contributed by atoms with E-state index in [9.17, 15) is 19.5 Å². The second kappa shape index (κ2) is 8.38. The van der Waals surface area contributed by atoms with Crippen molar-refractivity contribution in [2.75, 3.05) is 27.4 Å². The summed E-state index contributed by atoms with van der Waals surface area (Å²) in [7, 11) is 2.79. The van der Waals surface area contributed by atoms with Crippen molar-refractivity contribution >= 4 is 17.7 Å². The number of phenolic OH excluding ortho intramolecular Hbond substituents is 1. The lowest BCUT2D eigenvalue weighted by Crippen LogP contribution is -2.41. The molecule has 1 aliphatic carbocycles. The van der Waals surface area contributed by atoms with Gasteiger partial charge in [-0.1, -0.05) is 0 Å². The van der Waals surface area contributed by atoms with E-state index in [-0.39, 0.29) is 35.9 Å². The Morgan fingerprint density at radius 1 is 1.17 bits per heavy atom. The molecule has 1 heterocycles. The van der Waals surface area contributed by atoms with Gasteiger partial charge < -0.3 is 24.2 Å². The molecule has 0 spiro atoms. The predicted molar refractivity (Wildman–Crippen MR) is 103 cm³/mol. The summed E-state index contributed by atoms with van der Waals surface area (Å²) in [5.74, 6) is -0.507. The molecule has 8 nitrogen and oxygen atoms in total. The Labute approximate surface area is 168 Å². The van der Waals surface area contributed by atoms with Gasteiger partial charge in [0.2, 0.25) is 5.78 Å². The maximum absolute atomic E-state index is 12.5. The van der Waals surface area contributed by atoms with Gasteiger partial charge in [0.05, 0.1) is 26.9 Å². The molecule has 8 heteroatoms. The smallest absolute Gasteiger partial charge is 0.410 e. The molecule has 0 fully saturated rings. The second-order valence-corrected chi connectivity index (χ2v) is 6.70. The van der Waals surface area contributed by atoms with Crippen molar-refractivity contribution in [1.82, 2.24) is 4.90 Å². The number of rotatable bonds is 5. The summed E-state index contributed by atoms with van der Waals surface area (Å²) in [4.78, 5) is 38.7. The van der Waals surface area contributed by atoms with Gasteiger partial charge in [0, 0.05) is 24.6 Å². The number of phenols is 1. The summed E-state index contributed by atoms with van der Waals surface area (Å²) in [5.41, 5.74) is 1.84. The fourth-order valence-corrected chi connectivity index (χ4v) is 3.64. The number of nitrogens with zero attached hydrogens (tertiary/aromatic N) is 1. The van der Waals surface area contributed by atoms with E-state index >= 15 is 0 Å². The molecule has 0 bridgehead atoms. The average Bonchev–Trinajstić information content (AvgIpc) is 2.70. The first-order valence-corrected chi connectivity index (χ1v) is 9.27. The largest absolute Gasteiger partial charge is 0.504 e. The van der Waals surface area contributed by atoms with Crippen molar-refractivity contribution in [2.45, 2.75) is 25.8 Å². The molecule has 1 aromatic rings. The number of ether oxygens (including phenoxy) is 3. The number of carbonyl (C=O) groups excluding carboxylic acids is 3. The van der Waals surface area contributed by atoms with Crippen molar-refractivity contribution in [3.05, 3.63) is 46.7 Å². The Morgan fingerprint density at radius 3 is 2.59 bits per heavy atom. The van der Waals surface area contributed by atoms with Crippen LogP contribution in [0.3, 0.4) is 0 Å². The van der Waals surface area contributed by atoms with Crippen LogP contribution in [0.1, 0.15) is 30.5 Å². The van der Waals surface area contributed by atoms with E-state index in [4.69, 9.17) is 14.2 Å². The molecule has 29 heavy (non-hydrogen) atoms. The molecular formula is C21H23NO7. The highest BCUT2D eigenvalue weighted by Crippen LogP contribution is 2.40. The van der Waals surface area contributed by atoms with Gasteiger partial charge in [-0.25, -0.2) is 4.79 Å². The molecular weight excluding hydrogens is 378 g/mol. The Hall–Kier alpha value is -3.29. The van der Waals surface area contributed by atoms with E-state index in [0.717, 1.165) is 11.6 Å². The van der Waals surface area contributed by atoms with Crippen LogP contribution in [0.4, 0.5) is 4.79 Å². The summed E-state index contributed by atoms with van der Waals surface area (Å²) in [6, 6.07) is 2.69. The third kappa shape index (κ3) is 3.96. The Morgan fingerprint density at radius 2 is 1.93 bits per heavy atom. The van der Waals surface area contributed by atoms with Crippen LogP contribution < -0.4 is 4.74 Å². The lowest BCUT2D eigenvalue weighted by atomic mass is 9.86. The first-order chi connectivity index (χ1) is 13.9. The molecule has 1 unspecified atom stereocenters. The fraction of sp³-hybridized carbons (Fsp3) is 0.381. The number of hydrogen-bond donors (Lipinski definition) is 1. The third-order valence-corrected chi connectivity index (χ3v) is 5.06. The summed E-state index contributed by atoms with van der Waals surface area (Å²) in [6.45, 7) is 2.30. The number of benzene rings is 1. The van der Waals surface area contributed by atoms with Gasteiger partial charge in [-0.15, -0.1) is 0 Å². The standard InChI is InChI=1S/C21H23NO7/c1-4-29-21(26)22-6-5-12-9-19(27-2)18(25)10-14(12)15(22)7-13-8-17(24)20(28-3)11-16(13)23/h8-11,15,25H,4-7H2,1-3H3. The van der Waals surface area contributed by atoms with Crippen LogP contribution in [-0.4, -0.2) is 55.0 Å². The highest BCUT2D eigenvalue weighted by molar-refractivity contribution is 6.19. The minimum Gasteiger partial charge on any atom is -0.504 e. The molecule has 3 rings (SSSR count). The summed E-state index contributed by atoms with van der Waals surface area (Å²) >= 11 is 0. The van der Waals surface area contributed by atoms with E-state index in [0.29, 0.717) is 24.3 Å². The second-order valence-electron chi connectivity index (χ2n) is 6.70. The van der Waals surface area contributed by atoms with E-state index in [1.165, 1.54) is 31.3 Å². The minimum absolute atomic E-state index is 0.0209.